The lowest BCUT2D eigenvalue weighted by molar-refractivity contribution is 0.0788. The van der Waals surface area contributed by atoms with Crippen molar-refractivity contribution in [3.8, 4) is 17.0 Å². The molecule has 0 radical (unpaired) electrons. The molecule has 0 unspecified atom stereocenters. The van der Waals surface area contributed by atoms with E-state index in [1.165, 1.54) is 11.3 Å². The van der Waals surface area contributed by atoms with Crippen LogP contribution in [0.5, 0.6) is 5.75 Å². The Morgan fingerprint density at radius 2 is 2.12 bits per heavy atom. The highest BCUT2D eigenvalue weighted by Crippen LogP contribution is 2.31. The maximum atomic E-state index is 12.5. The molecule has 26 heavy (non-hydrogen) atoms. The van der Waals surface area contributed by atoms with Gasteiger partial charge < -0.3 is 19.9 Å². The van der Waals surface area contributed by atoms with Crippen LogP contribution >= 0.6 is 11.3 Å². The van der Waals surface area contributed by atoms with Crippen molar-refractivity contribution < 1.29 is 9.53 Å². The van der Waals surface area contributed by atoms with Gasteiger partial charge in [0.15, 0.2) is 5.13 Å². The fraction of sp³-hybridized carbons (Fsp3) is 0.263. The molecule has 1 aromatic carbocycles. The van der Waals surface area contributed by atoms with Gasteiger partial charge in [-0.3, -0.25) is 4.79 Å². The second kappa shape index (κ2) is 7.21. The highest BCUT2D eigenvalue weighted by molar-refractivity contribution is 7.14. The van der Waals surface area contributed by atoms with Crippen LogP contribution in [-0.2, 0) is 0 Å². The minimum Gasteiger partial charge on any atom is -0.495 e. The Labute approximate surface area is 155 Å². The largest absolute Gasteiger partial charge is 0.495 e. The molecular weight excluding hydrogens is 348 g/mol. The number of H-pyrrole nitrogens is 1. The molecule has 4 rings (SSSR count). The summed E-state index contributed by atoms with van der Waals surface area (Å²) in [4.78, 5) is 22.1. The van der Waals surface area contributed by atoms with Gasteiger partial charge in [-0.15, -0.1) is 11.3 Å². The van der Waals surface area contributed by atoms with E-state index in [1.54, 1.807) is 7.11 Å². The lowest BCUT2D eigenvalue weighted by atomic mass is 10.2. The minimum atomic E-state index is 0.0661. The molecule has 1 aliphatic rings. The van der Waals surface area contributed by atoms with Crippen molar-refractivity contribution in [2.45, 2.75) is 12.8 Å². The van der Waals surface area contributed by atoms with E-state index >= 15 is 0 Å². The lowest BCUT2D eigenvalue weighted by Gasteiger charge is -2.13. The summed E-state index contributed by atoms with van der Waals surface area (Å²) in [5, 5.41) is 6.04. The SMILES string of the molecule is COc1ccccc1Nc1nc(-c2c[nH]c(C(=O)N3CCCC3)c2)cs1. The van der Waals surface area contributed by atoms with Crippen molar-refractivity contribution in [1.29, 1.82) is 0 Å². The molecule has 3 aromatic rings. The smallest absolute Gasteiger partial charge is 0.270 e. The van der Waals surface area contributed by atoms with Gasteiger partial charge >= 0.3 is 0 Å². The number of nitrogens with one attached hydrogen (secondary N) is 2. The summed E-state index contributed by atoms with van der Waals surface area (Å²) in [6, 6.07) is 9.60. The Kier molecular flexibility index (Phi) is 4.62. The number of carbonyl (C=O) groups is 1. The summed E-state index contributed by atoms with van der Waals surface area (Å²) in [7, 11) is 1.65. The number of para-hydroxylation sites is 2. The highest BCUT2D eigenvalue weighted by atomic mass is 32.1. The van der Waals surface area contributed by atoms with E-state index in [4.69, 9.17) is 4.74 Å². The van der Waals surface area contributed by atoms with E-state index < -0.39 is 0 Å². The Bertz CT molecular complexity index is 912. The molecule has 1 fully saturated rings. The van der Waals surface area contributed by atoms with Crippen molar-refractivity contribution in [3.63, 3.8) is 0 Å². The molecule has 0 atom stereocenters. The maximum Gasteiger partial charge on any atom is 0.270 e. The Morgan fingerprint density at radius 3 is 2.92 bits per heavy atom. The molecule has 2 N–H and O–H groups in total. The number of hydrogen-bond acceptors (Lipinski definition) is 5. The third-order valence-corrected chi connectivity index (χ3v) is 5.21. The van der Waals surface area contributed by atoms with Crippen LogP contribution in [0.2, 0.25) is 0 Å². The molecule has 0 spiro atoms. The third kappa shape index (κ3) is 3.30. The van der Waals surface area contributed by atoms with Crippen molar-refractivity contribution in [3.05, 3.63) is 47.6 Å². The first-order valence-electron chi connectivity index (χ1n) is 8.58. The number of rotatable bonds is 5. The number of aromatic nitrogens is 2. The fourth-order valence-corrected chi connectivity index (χ4v) is 3.82. The first-order valence-corrected chi connectivity index (χ1v) is 9.46. The predicted octanol–water partition coefficient (Wildman–Crippen LogP) is 4.13. The van der Waals surface area contributed by atoms with Gasteiger partial charge in [-0.1, -0.05) is 12.1 Å². The van der Waals surface area contributed by atoms with Crippen molar-refractivity contribution in [2.24, 2.45) is 0 Å². The van der Waals surface area contributed by atoms with Crippen LogP contribution in [0.4, 0.5) is 10.8 Å². The number of nitrogens with zero attached hydrogens (tertiary/aromatic N) is 2. The Balaban J connectivity index is 1.50. The highest BCUT2D eigenvalue weighted by Gasteiger charge is 2.21. The summed E-state index contributed by atoms with van der Waals surface area (Å²) >= 11 is 1.51. The topological polar surface area (TPSA) is 70.2 Å². The van der Waals surface area contributed by atoms with Crippen molar-refractivity contribution in [2.75, 3.05) is 25.5 Å². The quantitative estimate of drug-likeness (QED) is 0.710. The summed E-state index contributed by atoms with van der Waals surface area (Å²) in [6.45, 7) is 1.69. The predicted molar refractivity (Wildman–Crippen MR) is 103 cm³/mol. The molecule has 7 heteroatoms. The first kappa shape index (κ1) is 16.7. The molecule has 0 bridgehead atoms. The van der Waals surface area contributed by atoms with Gasteiger partial charge in [0, 0.05) is 30.2 Å². The maximum absolute atomic E-state index is 12.5. The standard InChI is InChI=1S/C19H20N4O2S/c1-25-17-7-3-2-6-14(17)21-19-22-16(12-26-19)13-10-15(20-11-13)18(24)23-8-4-5-9-23/h2-3,6-7,10-12,20H,4-5,8-9H2,1H3,(H,21,22). The number of methoxy groups -OCH3 is 1. The molecule has 134 valence electrons. The van der Waals surface area contributed by atoms with Gasteiger partial charge in [0.25, 0.3) is 5.91 Å². The number of likely N-dealkylation sites (tertiary alicyclic amines) is 1. The number of ether oxygens (including phenoxy) is 1. The Morgan fingerprint density at radius 1 is 1.31 bits per heavy atom. The average Bonchev–Trinajstić information content (AvgIpc) is 3.42. The van der Waals surface area contributed by atoms with E-state index in [0.29, 0.717) is 5.69 Å². The number of hydrogen-bond donors (Lipinski definition) is 2. The Hall–Kier alpha value is -2.80. The molecule has 2 aromatic heterocycles. The van der Waals surface area contributed by atoms with Crippen LogP contribution in [0.15, 0.2) is 41.9 Å². The van der Waals surface area contributed by atoms with E-state index in [-0.39, 0.29) is 5.91 Å². The second-order valence-corrected chi connectivity index (χ2v) is 7.02. The summed E-state index contributed by atoms with van der Waals surface area (Å²) < 4.78 is 5.35. The summed E-state index contributed by atoms with van der Waals surface area (Å²) in [5.74, 6) is 0.834. The molecule has 0 saturated carbocycles. The van der Waals surface area contributed by atoms with Crippen LogP contribution in [0.3, 0.4) is 0 Å². The van der Waals surface area contributed by atoms with E-state index in [1.807, 2.05) is 46.8 Å². The minimum absolute atomic E-state index is 0.0661. The van der Waals surface area contributed by atoms with Gasteiger partial charge in [0.2, 0.25) is 0 Å². The normalized spacial score (nSPS) is 13.8. The zero-order valence-corrected chi connectivity index (χ0v) is 15.3. The molecule has 1 amide bonds. The van der Waals surface area contributed by atoms with Crippen LogP contribution in [-0.4, -0.2) is 41.0 Å². The van der Waals surface area contributed by atoms with Gasteiger partial charge in [-0.05, 0) is 31.0 Å². The summed E-state index contributed by atoms with van der Waals surface area (Å²) in [6.07, 6.45) is 4.01. The monoisotopic (exact) mass is 368 g/mol. The third-order valence-electron chi connectivity index (χ3n) is 4.46. The van der Waals surface area contributed by atoms with Crippen LogP contribution < -0.4 is 10.1 Å². The molecule has 0 aliphatic carbocycles. The lowest BCUT2D eigenvalue weighted by Crippen LogP contribution is -2.27. The molecule has 6 nitrogen and oxygen atoms in total. The summed E-state index contributed by atoms with van der Waals surface area (Å²) in [5.41, 5.74) is 3.24. The molecule has 1 saturated heterocycles. The fourth-order valence-electron chi connectivity index (χ4n) is 3.08. The molecule has 1 aliphatic heterocycles. The van der Waals surface area contributed by atoms with Gasteiger partial charge in [-0.2, -0.15) is 0 Å². The van der Waals surface area contributed by atoms with Crippen molar-refractivity contribution >= 4 is 28.1 Å². The van der Waals surface area contributed by atoms with E-state index in [9.17, 15) is 4.79 Å². The zero-order valence-electron chi connectivity index (χ0n) is 14.5. The van der Waals surface area contributed by atoms with Gasteiger partial charge in [0.05, 0.1) is 18.5 Å². The number of anilines is 2. The number of amides is 1. The van der Waals surface area contributed by atoms with Crippen molar-refractivity contribution in [1.82, 2.24) is 14.9 Å². The van der Waals surface area contributed by atoms with Crippen LogP contribution in [0.1, 0.15) is 23.3 Å². The number of carbonyl (C=O) groups excluding carboxylic acids is 1. The average molecular weight is 368 g/mol. The first-order chi connectivity index (χ1) is 12.7. The van der Waals surface area contributed by atoms with Gasteiger partial charge in [-0.25, -0.2) is 4.98 Å². The van der Waals surface area contributed by atoms with Crippen LogP contribution in [0, 0.1) is 0 Å². The van der Waals surface area contributed by atoms with E-state index in [2.05, 4.69) is 15.3 Å². The molecular formula is C19H20N4O2S. The number of benzene rings is 1. The van der Waals surface area contributed by atoms with E-state index in [0.717, 1.165) is 53.8 Å². The van der Waals surface area contributed by atoms with Gasteiger partial charge in [0.1, 0.15) is 11.4 Å². The second-order valence-electron chi connectivity index (χ2n) is 6.16. The zero-order chi connectivity index (χ0) is 17.9. The number of thiazole rings is 1. The molecule has 3 heterocycles. The van der Waals surface area contributed by atoms with Crippen LogP contribution in [0.25, 0.3) is 11.3 Å². The number of aromatic amines is 1.